The summed E-state index contributed by atoms with van der Waals surface area (Å²) in [6.07, 6.45) is 3.68. The minimum atomic E-state index is -0.505. The third kappa shape index (κ3) is 4.26. The van der Waals surface area contributed by atoms with Crippen LogP contribution in [0, 0.1) is 10.8 Å². The monoisotopic (exact) mass is 388 g/mol. The Kier molecular flexibility index (Phi) is 5.60. The average Bonchev–Trinajstić information content (AvgIpc) is 2.89. The highest BCUT2D eigenvalue weighted by Crippen LogP contribution is 2.52. The van der Waals surface area contributed by atoms with E-state index < -0.39 is 11.8 Å². The van der Waals surface area contributed by atoms with Gasteiger partial charge in [-0.2, -0.15) is 0 Å². The van der Waals surface area contributed by atoms with Crippen LogP contribution < -0.4 is 14.8 Å². The molecule has 2 atom stereocenters. The number of nitrogens with zero attached hydrogens (tertiary/aromatic N) is 1. The number of nitrogens with one attached hydrogen (secondary N) is 1. The van der Waals surface area contributed by atoms with Crippen LogP contribution in [0.1, 0.15) is 45.6 Å². The first-order valence-electron chi connectivity index (χ1n) is 9.96. The van der Waals surface area contributed by atoms with Crippen LogP contribution in [0.3, 0.4) is 0 Å². The summed E-state index contributed by atoms with van der Waals surface area (Å²) in [5.74, 6) is 0.429. The molecular weight excluding hydrogens is 356 g/mol. The van der Waals surface area contributed by atoms with Gasteiger partial charge in [-0.25, -0.2) is 0 Å². The van der Waals surface area contributed by atoms with Gasteiger partial charge in [-0.1, -0.05) is 26.8 Å². The molecule has 1 aliphatic carbocycles. The summed E-state index contributed by atoms with van der Waals surface area (Å²) in [7, 11) is 3.19. The molecule has 6 heteroatoms. The van der Waals surface area contributed by atoms with E-state index in [0.717, 1.165) is 24.8 Å². The topological polar surface area (TPSA) is 67.9 Å². The molecule has 0 spiro atoms. The molecule has 1 heterocycles. The van der Waals surface area contributed by atoms with Crippen molar-refractivity contribution in [2.75, 3.05) is 27.3 Å². The maximum absolute atomic E-state index is 12.7. The van der Waals surface area contributed by atoms with Gasteiger partial charge in [0.25, 0.3) is 0 Å². The summed E-state index contributed by atoms with van der Waals surface area (Å²) in [6, 6.07) is 5.84. The Morgan fingerprint density at radius 1 is 1.14 bits per heavy atom. The number of hydrogen-bond donors (Lipinski definition) is 1. The lowest BCUT2D eigenvalue weighted by Gasteiger charge is -2.39. The van der Waals surface area contributed by atoms with Gasteiger partial charge >= 0.3 is 11.8 Å². The van der Waals surface area contributed by atoms with Gasteiger partial charge in [0.1, 0.15) is 0 Å². The molecule has 2 aliphatic rings. The molecule has 1 saturated carbocycles. The number of carbonyl (C=O) groups excluding carboxylic acids is 2. The first-order valence-corrected chi connectivity index (χ1v) is 9.96. The normalized spacial score (nSPS) is 25.3. The Balaban J connectivity index is 1.55. The largest absolute Gasteiger partial charge is 0.493 e. The second-order valence-corrected chi connectivity index (χ2v) is 9.34. The van der Waals surface area contributed by atoms with Crippen molar-refractivity contribution in [3.05, 3.63) is 23.8 Å². The highest BCUT2D eigenvalue weighted by Gasteiger charge is 2.51. The molecule has 2 amide bonds. The van der Waals surface area contributed by atoms with E-state index >= 15 is 0 Å². The number of hydrogen-bond acceptors (Lipinski definition) is 4. The standard InChI is InChI=1S/C22H32N2O4/c1-21(2)11-16-12-22(3,13-21)14-24(16)20(26)19(25)23-9-8-15-6-7-17(27-4)18(10-15)28-5/h6-7,10,16H,8-9,11-14H2,1-5H3,(H,23,25). The molecular formula is C22H32N2O4. The summed E-state index contributed by atoms with van der Waals surface area (Å²) in [5.41, 5.74) is 1.36. The zero-order valence-corrected chi connectivity index (χ0v) is 17.6. The number of benzene rings is 1. The molecule has 0 aromatic heterocycles. The molecule has 1 aromatic carbocycles. The Bertz CT molecular complexity index is 761. The smallest absolute Gasteiger partial charge is 0.312 e. The van der Waals surface area contributed by atoms with E-state index in [1.54, 1.807) is 19.1 Å². The van der Waals surface area contributed by atoms with Gasteiger partial charge in [0.2, 0.25) is 0 Å². The van der Waals surface area contributed by atoms with E-state index in [4.69, 9.17) is 9.47 Å². The fourth-order valence-corrected chi connectivity index (χ4v) is 5.26. The minimum Gasteiger partial charge on any atom is -0.493 e. The van der Waals surface area contributed by atoms with Crippen LogP contribution in [0.15, 0.2) is 18.2 Å². The van der Waals surface area contributed by atoms with Gasteiger partial charge in [0.15, 0.2) is 11.5 Å². The van der Waals surface area contributed by atoms with Gasteiger partial charge in [-0.15, -0.1) is 0 Å². The SMILES string of the molecule is COc1ccc(CCNC(=O)C(=O)N2CC3(C)CC2CC(C)(C)C3)cc1OC. The van der Waals surface area contributed by atoms with Crippen LogP contribution in [-0.4, -0.2) is 50.1 Å². The Labute approximate surface area is 167 Å². The predicted molar refractivity (Wildman–Crippen MR) is 107 cm³/mol. The first kappa shape index (κ1) is 20.5. The highest BCUT2D eigenvalue weighted by molar-refractivity contribution is 6.35. The number of carbonyl (C=O) groups is 2. The van der Waals surface area contributed by atoms with Crippen LogP contribution in [0.4, 0.5) is 0 Å². The maximum atomic E-state index is 12.7. The van der Waals surface area contributed by atoms with Gasteiger partial charge in [0.05, 0.1) is 14.2 Å². The molecule has 2 fully saturated rings. The number of ether oxygens (including phenoxy) is 2. The molecule has 3 rings (SSSR count). The highest BCUT2D eigenvalue weighted by atomic mass is 16.5. The van der Waals surface area contributed by atoms with Crippen LogP contribution in [0.2, 0.25) is 0 Å². The number of likely N-dealkylation sites (tertiary alicyclic amines) is 1. The summed E-state index contributed by atoms with van der Waals surface area (Å²) in [4.78, 5) is 27.0. The van der Waals surface area contributed by atoms with Crippen molar-refractivity contribution < 1.29 is 19.1 Å². The molecule has 28 heavy (non-hydrogen) atoms. The molecule has 1 saturated heterocycles. The molecule has 6 nitrogen and oxygen atoms in total. The molecule has 2 unspecified atom stereocenters. The summed E-state index contributed by atoms with van der Waals surface area (Å²) in [5, 5.41) is 2.78. The van der Waals surface area contributed by atoms with E-state index in [0.29, 0.717) is 31.0 Å². The molecule has 2 bridgehead atoms. The van der Waals surface area contributed by atoms with Crippen molar-refractivity contribution in [3.63, 3.8) is 0 Å². The quantitative estimate of drug-likeness (QED) is 0.788. The Morgan fingerprint density at radius 3 is 2.54 bits per heavy atom. The third-order valence-corrected chi connectivity index (χ3v) is 6.02. The van der Waals surface area contributed by atoms with Crippen molar-refractivity contribution >= 4 is 11.8 Å². The van der Waals surface area contributed by atoms with E-state index in [2.05, 4.69) is 26.1 Å². The number of methoxy groups -OCH3 is 2. The number of fused-ring (bicyclic) bond motifs is 2. The Hall–Kier alpha value is -2.24. The third-order valence-electron chi connectivity index (χ3n) is 6.02. The van der Waals surface area contributed by atoms with Crippen molar-refractivity contribution in [2.45, 2.75) is 52.5 Å². The number of rotatable bonds is 5. The zero-order chi connectivity index (χ0) is 20.5. The lowest BCUT2D eigenvalue weighted by atomic mass is 9.65. The van der Waals surface area contributed by atoms with Crippen molar-refractivity contribution in [1.82, 2.24) is 10.2 Å². The lowest BCUT2D eigenvalue weighted by molar-refractivity contribution is -0.146. The summed E-state index contributed by atoms with van der Waals surface area (Å²) >= 11 is 0. The van der Waals surface area contributed by atoms with E-state index in [-0.39, 0.29) is 16.9 Å². The van der Waals surface area contributed by atoms with Gasteiger partial charge < -0.3 is 19.7 Å². The van der Waals surface area contributed by atoms with E-state index in [9.17, 15) is 9.59 Å². The van der Waals surface area contributed by atoms with E-state index in [1.165, 1.54) is 0 Å². The van der Waals surface area contributed by atoms with E-state index in [1.807, 2.05) is 18.2 Å². The van der Waals surface area contributed by atoms with Crippen molar-refractivity contribution in [3.8, 4) is 11.5 Å². The summed E-state index contributed by atoms with van der Waals surface area (Å²) in [6.45, 7) is 7.84. The second kappa shape index (κ2) is 7.64. The molecule has 1 aliphatic heterocycles. The molecule has 1 aromatic rings. The second-order valence-electron chi connectivity index (χ2n) is 9.34. The fourth-order valence-electron chi connectivity index (χ4n) is 5.26. The van der Waals surface area contributed by atoms with Crippen LogP contribution >= 0.6 is 0 Å². The maximum Gasteiger partial charge on any atom is 0.312 e. The van der Waals surface area contributed by atoms with Gasteiger partial charge in [-0.05, 0) is 54.2 Å². The summed E-state index contributed by atoms with van der Waals surface area (Å²) < 4.78 is 10.5. The average molecular weight is 389 g/mol. The Morgan fingerprint density at radius 2 is 1.86 bits per heavy atom. The first-order chi connectivity index (χ1) is 13.2. The van der Waals surface area contributed by atoms with Crippen LogP contribution in [0.5, 0.6) is 11.5 Å². The zero-order valence-electron chi connectivity index (χ0n) is 17.6. The van der Waals surface area contributed by atoms with Crippen LogP contribution in [0.25, 0.3) is 0 Å². The van der Waals surface area contributed by atoms with Gasteiger partial charge in [0, 0.05) is 19.1 Å². The number of amides is 2. The fraction of sp³-hybridized carbons (Fsp3) is 0.636. The van der Waals surface area contributed by atoms with Crippen molar-refractivity contribution in [2.24, 2.45) is 10.8 Å². The molecule has 1 N–H and O–H groups in total. The molecule has 154 valence electrons. The van der Waals surface area contributed by atoms with Crippen LogP contribution in [-0.2, 0) is 16.0 Å². The van der Waals surface area contributed by atoms with Gasteiger partial charge in [-0.3, -0.25) is 9.59 Å². The minimum absolute atomic E-state index is 0.127. The van der Waals surface area contributed by atoms with Crippen molar-refractivity contribution in [1.29, 1.82) is 0 Å². The molecule has 0 radical (unpaired) electrons. The lowest BCUT2D eigenvalue weighted by Crippen LogP contribution is -2.46. The predicted octanol–water partition coefficient (Wildman–Crippen LogP) is 2.79.